The molecule has 0 bridgehead atoms. The van der Waals surface area contributed by atoms with E-state index in [-0.39, 0.29) is 11.1 Å². The Morgan fingerprint density at radius 1 is 1.28 bits per heavy atom. The summed E-state index contributed by atoms with van der Waals surface area (Å²) in [5, 5.41) is 7.41. The average Bonchev–Trinajstić information content (AvgIpc) is 2.31. The van der Waals surface area contributed by atoms with Crippen molar-refractivity contribution in [3.8, 4) is 0 Å². The van der Waals surface area contributed by atoms with E-state index in [1.165, 1.54) is 11.7 Å². The second kappa shape index (κ2) is 4.24. The standard InChI is InChI=1S/C11H19N5O2/c1-11(2)7-12-5-6-16(11)8-9(17)14(3)10(18)15(4)13-8/h12H,5-7H2,1-4H3. The first-order valence-electron chi connectivity index (χ1n) is 5.97. The number of nitrogens with one attached hydrogen (secondary N) is 1. The molecular formula is C11H19N5O2. The van der Waals surface area contributed by atoms with Crippen LogP contribution < -0.4 is 21.5 Å². The largest absolute Gasteiger partial charge is 0.346 e. The van der Waals surface area contributed by atoms with Gasteiger partial charge < -0.3 is 10.2 Å². The van der Waals surface area contributed by atoms with Crippen LogP contribution in [0.15, 0.2) is 9.59 Å². The Hall–Kier alpha value is -1.63. The quantitative estimate of drug-likeness (QED) is 0.671. The van der Waals surface area contributed by atoms with Crippen LogP contribution in [0.4, 0.5) is 5.82 Å². The molecule has 2 rings (SSSR count). The zero-order valence-corrected chi connectivity index (χ0v) is 11.2. The molecule has 1 aromatic heterocycles. The van der Waals surface area contributed by atoms with E-state index < -0.39 is 5.69 Å². The Labute approximate surface area is 105 Å². The van der Waals surface area contributed by atoms with Gasteiger partial charge in [0.2, 0.25) is 5.82 Å². The van der Waals surface area contributed by atoms with E-state index in [0.29, 0.717) is 12.4 Å². The van der Waals surface area contributed by atoms with Gasteiger partial charge in [-0.15, -0.1) is 5.10 Å². The molecule has 1 aliphatic heterocycles. The molecule has 18 heavy (non-hydrogen) atoms. The topological polar surface area (TPSA) is 72.2 Å². The molecule has 100 valence electrons. The fourth-order valence-electron chi connectivity index (χ4n) is 2.23. The van der Waals surface area contributed by atoms with Crippen molar-refractivity contribution in [2.75, 3.05) is 24.5 Å². The average molecular weight is 253 g/mol. The van der Waals surface area contributed by atoms with E-state index in [0.717, 1.165) is 17.7 Å². The van der Waals surface area contributed by atoms with Crippen molar-refractivity contribution in [3.05, 3.63) is 20.8 Å². The minimum Gasteiger partial charge on any atom is -0.343 e. The molecular weight excluding hydrogens is 234 g/mol. The third kappa shape index (κ3) is 1.94. The fraction of sp³-hybridized carbons (Fsp3) is 0.727. The number of aromatic nitrogens is 3. The maximum Gasteiger partial charge on any atom is 0.346 e. The normalized spacial score (nSPS) is 19.0. The van der Waals surface area contributed by atoms with Crippen LogP contribution in [0, 0.1) is 0 Å². The number of hydrogen-bond donors (Lipinski definition) is 1. The van der Waals surface area contributed by atoms with Crippen LogP contribution in [-0.2, 0) is 14.1 Å². The minimum absolute atomic E-state index is 0.200. The van der Waals surface area contributed by atoms with E-state index in [2.05, 4.69) is 10.4 Å². The van der Waals surface area contributed by atoms with Crippen LogP contribution in [0.1, 0.15) is 13.8 Å². The summed E-state index contributed by atoms with van der Waals surface area (Å²) in [7, 11) is 3.03. The summed E-state index contributed by atoms with van der Waals surface area (Å²) in [6, 6.07) is 0. The third-order valence-electron chi connectivity index (χ3n) is 3.36. The number of rotatable bonds is 1. The molecule has 0 aliphatic carbocycles. The summed E-state index contributed by atoms with van der Waals surface area (Å²) in [4.78, 5) is 25.7. The van der Waals surface area contributed by atoms with E-state index in [9.17, 15) is 9.59 Å². The van der Waals surface area contributed by atoms with E-state index >= 15 is 0 Å². The molecule has 0 unspecified atom stereocenters. The highest BCUT2D eigenvalue weighted by Gasteiger charge is 2.33. The molecule has 0 aromatic carbocycles. The van der Waals surface area contributed by atoms with Crippen LogP contribution in [-0.4, -0.2) is 39.5 Å². The van der Waals surface area contributed by atoms with E-state index in [1.807, 2.05) is 18.7 Å². The molecule has 7 heteroatoms. The molecule has 1 aliphatic rings. The number of piperazine rings is 1. The highest BCUT2D eigenvalue weighted by molar-refractivity contribution is 5.39. The van der Waals surface area contributed by atoms with Gasteiger partial charge in [-0.3, -0.25) is 9.36 Å². The predicted molar refractivity (Wildman–Crippen MR) is 69.0 cm³/mol. The van der Waals surface area contributed by atoms with Crippen LogP contribution in [0.3, 0.4) is 0 Å². The molecule has 7 nitrogen and oxygen atoms in total. The SMILES string of the molecule is Cn1nc(N2CCNCC2(C)C)c(=O)n(C)c1=O. The lowest BCUT2D eigenvalue weighted by atomic mass is 10.0. The molecule has 2 heterocycles. The maximum absolute atomic E-state index is 12.2. The summed E-state index contributed by atoms with van der Waals surface area (Å²) >= 11 is 0. The highest BCUT2D eigenvalue weighted by atomic mass is 16.2. The fourth-order valence-corrected chi connectivity index (χ4v) is 2.23. The monoisotopic (exact) mass is 253 g/mol. The van der Waals surface area contributed by atoms with Gasteiger partial charge in [0.15, 0.2) is 0 Å². The minimum atomic E-state index is -0.406. The van der Waals surface area contributed by atoms with Gasteiger partial charge in [0.1, 0.15) is 0 Å². The Kier molecular flexibility index (Phi) is 3.02. The summed E-state index contributed by atoms with van der Waals surface area (Å²) in [5.74, 6) is 0.339. The van der Waals surface area contributed by atoms with Gasteiger partial charge in [-0.1, -0.05) is 0 Å². The van der Waals surface area contributed by atoms with Gasteiger partial charge >= 0.3 is 5.69 Å². The zero-order valence-electron chi connectivity index (χ0n) is 11.2. The Bertz CT molecular complexity index is 572. The van der Waals surface area contributed by atoms with Crippen LogP contribution in [0.25, 0.3) is 0 Å². The van der Waals surface area contributed by atoms with Gasteiger partial charge in [0.05, 0.1) is 0 Å². The Morgan fingerprint density at radius 2 is 1.94 bits per heavy atom. The van der Waals surface area contributed by atoms with Crippen molar-refractivity contribution >= 4 is 5.82 Å². The lowest BCUT2D eigenvalue weighted by Gasteiger charge is -2.43. The van der Waals surface area contributed by atoms with Gasteiger partial charge in [0.25, 0.3) is 5.56 Å². The van der Waals surface area contributed by atoms with Crippen molar-refractivity contribution in [3.63, 3.8) is 0 Å². The van der Waals surface area contributed by atoms with Crippen molar-refractivity contribution in [1.29, 1.82) is 0 Å². The predicted octanol–water partition coefficient (Wildman–Crippen LogP) is -1.33. The first kappa shape index (κ1) is 12.8. The smallest absolute Gasteiger partial charge is 0.343 e. The molecule has 1 aromatic rings. The Balaban J connectivity index is 2.58. The highest BCUT2D eigenvalue weighted by Crippen LogP contribution is 2.19. The van der Waals surface area contributed by atoms with Gasteiger partial charge in [-0.2, -0.15) is 0 Å². The van der Waals surface area contributed by atoms with Crippen molar-refractivity contribution in [2.24, 2.45) is 14.1 Å². The van der Waals surface area contributed by atoms with Crippen LogP contribution >= 0.6 is 0 Å². The molecule has 0 amide bonds. The summed E-state index contributed by atoms with van der Waals surface area (Å²) in [6.07, 6.45) is 0. The molecule has 1 fully saturated rings. The number of nitrogens with zero attached hydrogens (tertiary/aromatic N) is 4. The van der Waals surface area contributed by atoms with Gasteiger partial charge in [0, 0.05) is 39.3 Å². The lowest BCUT2D eigenvalue weighted by Crippen LogP contribution is -2.60. The third-order valence-corrected chi connectivity index (χ3v) is 3.36. The Morgan fingerprint density at radius 3 is 2.56 bits per heavy atom. The first-order valence-corrected chi connectivity index (χ1v) is 5.97. The molecule has 0 spiro atoms. The van der Waals surface area contributed by atoms with E-state index in [1.54, 1.807) is 7.05 Å². The molecule has 0 saturated carbocycles. The molecule has 0 atom stereocenters. The van der Waals surface area contributed by atoms with Crippen molar-refractivity contribution < 1.29 is 0 Å². The summed E-state index contributed by atoms with van der Waals surface area (Å²) < 4.78 is 2.30. The first-order chi connectivity index (χ1) is 8.34. The van der Waals surface area contributed by atoms with Gasteiger partial charge in [-0.05, 0) is 13.8 Å². The molecule has 0 radical (unpaired) electrons. The second-order valence-electron chi connectivity index (χ2n) is 5.23. The molecule has 1 saturated heterocycles. The lowest BCUT2D eigenvalue weighted by molar-refractivity contribution is 0.371. The maximum atomic E-state index is 12.2. The van der Waals surface area contributed by atoms with E-state index in [4.69, 9.17) is 0 Å². The summed E-state index contributed by atoms with van der Waals surface area (Å²) in [6.45, 7) is 6.38. The second-order valence-corrected chi connectivity index (χ2v) is 5.23. The van der Waals surface area contributed by atoms with Crippen molar-refractivity contribution in [1.82, 2.24) is 19.7 Å². The number of hydrogen-bond acceptors (Lipinski definition) is 5. The molecule has 1 N–H and O–H groups in total. The zero-order chi connectivity index (χ0) is 13.5. The van der Waals surface area contributed by atoms with Gasteiger partial charge in [-0.25, -0.2) is 9.48 Å². The van der Waals surface area contributed by atoms with Crippen LogP contribution in [0.5, 0.6) is 0 Å². The number of aryl methyl sites for hydroxylation is 1. The van der Waals surface area contributed by atoms with Crippen molar-refractivity contribution in [2.45, 2.75) is 19.4 Å². The van der Waals surface area contributed by atoms with Crippen LogP contribution in [0.2, 0.25) is 0 Å². The summed E-state index contributed by atoms with van der Waals surface area (Å²) in [5.41, 5.74) is -0.945. The number of anilines is 1.